The Kier molecular flexibility index (Phi) is 3.38. The van der Waals surface area contributed by atoms with Crippen molar-refractivity contribution in [2.75, 3.05) is 7.05 Å². The largest absolute Gasteiger partial charge is 0.481 e. The minimum Gasteiger partial charge on any atom is -0.481 e. The zero-order chi connectivity index (χ0) is 13.4. The average molecular weight is 316 g/mol. The fourth-order valence-electron chi connectivity index (χ4n) is 2.24. The molecular formula is C12H11BrFNO3. The van der Waals surface area contributed by atoms with Crippen molar-refractivity contribution in [2.24, 2.45) is 5.92 Å². The number of carbonyl (C=O) groups is 2. The topological polar surface area (TPSA) is 57.6 Å². The van der Waals surface area contributed by atoms with E-state index in [0.717, 1.165) is 0 Å². The Morgan fingerprint density at radius 3 is 2.78 bits per heavy atom. The Morgan fingerprint density at radius 1 is 1.56 bits per heavy atom. The van der Waals surface area contributed by atoms with Crippen molar-refractivity contribution < 1.29 is 19.1 Å². The summed E-state index contributed by atoms with van der Waals surface area (Å²) >= 11 is 3.04. The second-order valence-corrected chi connectivity index (χ2v) is 5.13. The van der Waals surface area contributed by atoms with Crippen LogP contribution in [0.3, 0.4) is 0 Å². The van der Waals surface area contributed by atoms with Crippen LogP contribution in [0.25, 0.3) is 0 Å². The molecule has 0 aliphatic carbocycles. The van der Waals surface area contributed by atoms with Crippen LogP contribution in [-0.2, 0) is 9.59 Å². The third kappa shape index (κ3) is 2.12. The number of halogens is 2. The van der Waals surface area contributed by atoms with E-state index in [1.165, 1.54) is 24.1 Å². The standard InChI is InChI=1S/C12H11BrFNO3/c1-15-10(16)5-7(12(17)18)11(15)6-2-3-8(13)9(14)4-6/h2-4,7,11H,5H2,1H3,(H,17,18). The molecule has 1 aromatic carbocycles. The van der Waals surface area contributed by atoms with E-state index in [4.69, 9.17) is 5.11 Å². The van der Waals surface area contributed by atoms with Gasteiger partial charge in [-0.15, -0.1) is 0 Å². The number of hydrogen-bond acceptors (Lipinski definition) is 2. The molecule has 1 N–H and O–H groups in total. The van der Waals surface area contributed by atoms with Crippen molar-refractivity contribution in [3.8, 4) is 0 Å². The third-order valence-electron chi connectivity index (χ3n) is 3.19. The third-order valence-corrected chi connectivity index (χ3v) is 3.83. The first-order valence-electron chi connectivity index (χ1n) is 5.35. The van der Waals surface area contributed by atoms with Gasteiger partial charge in [0, 0.05) is 13.5 Å². The summed E-state index contributed by atoms with van der Waals surface area (Å²) in [5.74, 6) is -2.58. The van der Waals surface area contributed by atoms with E-state index < -0.39 is 23.7 Å². The van der Waals surface area contributed by atoms with Gasteiger partial charge in [-0.05, 0) is 33.6 Å². The molecule has 0 saturated carbocycles. The number of carboxylic acids is 1. The zero-order valence-electron chi connectivity index (χ0n) is 9.56. The lowest BCUT2D eigenvalue weighted by atomic mass is 9.94. The highest BCUT2D eigenvalue weighted by Gasteiger charge is 2.42. The molecule has 1 aliphatic heterocycles. The molecule has 96 valence electrons. The number of rotatable bonds is 2. The smallest absolute Gasteiger partial charge is 0.309 e. The van der Waals surface area contributed by atoms with Gasteiger partial charge >= 0.3 is 5.97 Å². The molecule has 2 rings (SSSR count). The second kappa shape index (κ2) is 4.68. The first-order chi connectivity index (χ1) is 8.41. The molecule has 6 heteroatoms. The van der Waals surface area contributed by atoms with Gasteiger partial charge in [0.05, 0.1) is 16.4 Å². The molecule has 0 aromatic heterocycles. The van der Waals surface area contributed by atoms with E-state index in [-0.39, 0.29) is 12.3 Å². The minimum absolute atomic E-state index is 0.0474. The number of benzene rings is 1. The molecule has 0 radical (unpaired) electrons. The van der Waals surface area contributed by atoms with Gasteiger partial charge in [0.1, 0.15) is 5.82 Å². The van der Waals surface area contributed by atoms with Crippen molar-refractivity contribution in [1.82, 2.24) is 4.90 Å². The SMILES string of the molecule is CN1C(=O)CC(C(=O)O)C1c1ccc(Br)c(F)c1. The van der Waals surface area contributed by atoms with E-state index in [1.807, 2.05) is 0 Å². The lowest BCUT2D eigenvalue weighted by molar-refractivity contribution is -0.142. The van der Waals surface area contributed by atoms with Gasteiger partial charge in [0.15, 0.2) is 0 Å². The van der Waals surface area contributed by atoms with Crippen LogP contribution in [0.2, 0.25) is 0 Å². The van der Waals surface area contributed by atoms with Crippen LogP contribution in [0.1, 0.15) is 18.0 Å². The quantitative estimate of drug-likeness (QED) is 0.910. The van der Waals surface area contributed by atoms with E-state index in [9.17, 15) is 14.0 Å². The van der Waals surface area contributed by atoms with E-state index >= 15 is 0 Å². The number of aliphatic carboxylic acids is 1. The Morgan fingerprint density at radius 2 is 2.22 bits per heavy atom. The molecule has 1 heterocycles. The molecule has 2 unspecified atom stereocenters. The summed E-state index contributed by atoms with van der Waals surface area (Å²) < 4.78 is 13.8. The van der Waals surface area contributed by atoms with Crippen LogP contribution in [0.4, 0.5) is 4.39 Å². The number of hydrogen-bond donors (Lipinski definition) is 1. The molecule has 4 nitrogen and oxygen atoms in total. The highest BCUT2D eigenvalue weighted by Crippen LogP contribution is 2.37. The molecule has 1 aromatic rings. The van der Waals surface area contributed by atoms with Crippen molar-refractivity contribution in [3.63, 3.8) is 0 Å². The van der Waals surface area contributed by atoms with Gasteiger partial charge in [-0.3, -0.25) is 9.59 Å². The van der Waals surface area contributed by atoms with E-state index in [1.54, 1.807) is 6.07 Å². The highest BCUT2D eigenvalue weighted by molar-refractivity contribution is 9.10. The Hall–Kier alpha value is -1.43. The number of likely N-dealkylation sites (tertiary alicyclic amines) is 1. The average Bonchev–Trinajstić information content (AvgIpc) is 2.60. The van der Waals surface area contributed by atoms with Crippen LogP contribution < -0.4 is 0 Å². The predicted molar refractivity (Wildman–Crippen MR) is 65.4 cm³/mol. The molecule has 1 amide bonds. The fraction of sp³-hybridized carbons (Fsp3) is 0.333. The van der Waals surface area contributed by atoms with Crippen molar-refractivity contribution in [1.29, 1.82) is 0 Å². The summed E-state index contributed by atoms with van der Waals surface area (Å²) in [5.41, 5.74) is 0.497. The molecule has 0 spiro atoms. The summed E-state index contributed by atoms with van der Waals surface area (Å²) in [6.07, 6.45) is -0.0474. The number of amides is 1. The highest BCUT2D eigenvalue weighted by atomic mass is 79.9. The second-order valence-electron chi connectivity index (χ2n) is 4.27. The molecule has 18 heavy (non-hydrogen) atoms. The van der Waals surface area contributed by atoms with Crippen LogP contribution in [0.15, 0.2) is 22.7 Å². The Bertz CT molecular complexity index is 520. The van der Waals surface area contributed by atoms with Crippen molar-refractivity contribution in [2.45, 2.75) is 12.5 Å². The lowest BCUT2D eigenvalue weighted by Crippen LogP contribution is -2.27. The molecule has 1 saturated heterocycles. The fourth-order valence-corrected chi connectivity index (χ4v) is 2.49. The maximum Gasteiger partial charge on any atom is 0.309 e. The van der Waals surface area contributed by atoms with Crippen LogP contribution in [0, 0.1) is 11.7 Å². The molecule has 1 fully saturated rings. The van der Waals surface area contributed by atoms with Crippen LogP contribution in [0.5, 0.6) is 0 Å². The lowest BCUT2D eigenvalue weighted by Gasteiger charge is -2.23. The summed E-state index contributed by atoms with van der Waals surface area (Å²) in [7, 11) is 1.54. The van der Waals surface area contributed by atoms with Gasteiger partial charge in [-0.2, -0.15) is 0 Å². The van der Waals surface area contributed by atoms with Gasteiger partial charge in [-0.25, -0.2) is 4.39 Å². The van der Waals surface area contributed by atoms with Crippen molar-refractivity contribution >= 4 is 27.8 Å². The minimum atomic E-state index is -1.04. The van der Waals surface area contributed by atoms with E-state index in [2.05, 4.69) is 15.9 Å². The first kappa shape index (κ1) is 13.0. The van der Waals surface area contributed by atoms with Crippen molar-refractivity contribution in [3.05, 3.63) is 34.1 Å². The molecule has 2 atom stereocenters. The van der Waals surface area contributed by atoms with E-state index in [0.29, 0.717) is 10.0 Å². The van der Waals surface area contributed by atoms with Gasteiger partial charge in [0.25, 0.3) is 0 Å². The Balaban J connectivity index is 2.42. The van der Waals surface area contributed by atoms with Crippen LogP contribution in [-0.4, -0.2) is 28.9 Å². The number of carbonyl (C=O) groups excluding carboxylic acids is 1. The number of nitrogens with zero attached hydrogens (tertiary/aromatic N) is 1. The molecule has 0 bridgehead atoms. The summed E-state index contributed by atoms with van der Waals surface area (Å²) in [6, 6.07) is 3.79. The Labute approximate surface area is 112 Å². The molecule has 1 aliphatic rings. The predicted octanol–water partition coefficient (Wildman–Crippen LogP) is 2.19. The maximum atomic E-state index is 13.5. The number of carboxylic acid groups (broad SMARTS) is 1. The van der Waals surface area contributed by atoms with Gasteiger partial charge in [-0.1, -0.05) is 6.07 Å². The van der Waals surface area contributed by atoms with Gasteiger partial charge in [0.2, 0.25) is 5.91 Å². The maximum absolute atomic E-state index is 13.5. The summed E-state index contributed by atoms with van der Waals surface area (Å²) in [6.45, 7) is 0. The van der Waals surface area contributed by atoms with Gasteiger partial charge < -0.3 is 10.0 Å². The van der Waals surface area contributed by atoms with Crippen LogP contribution >= 0.6 is 15.9 Å². The monoisotopic (exact) mass is 315 g/mol. The first-order valence-corrected chi connectivity index (χ1v) is 6.14. The molecular weight excluding hydrogens is 305 g/mol. The normalized spacial score (nSPS) is 23.5. The summed E-state index contributed by atoms with van der Waals surface area (Å²) in [5, 5.41) is 9.12. The zero-order valence-corrected chi connectivity index (χ0v) is 11.1. The summed E-state index contributed by atoms with van der Waals surface area (Å²) in [4.78, 5) is 24.1.